The van der Waals surface area contributed by atoms with Gasteiger partial charge in [0.15, 0.2) is 4.73 Å². The number of nitrogens with zero attached hydrogens (tertiary/aromatic N) is 2. The van der Waals surface area contributed by atoms with Crippen molar-refractivity contribution in [2.24, 2.45) is 0 Å². The van der Waals surface area contributed by atoms with Crippen molar-refractivity contribution in [2.45, 2.75) is 6.92 Å². The smallest absolute Gasteiger partial charge is 0.290 e. The Balaban J connectivity index is 3.03. The Hall–Kier alpha value is -1.17. The SMILES string of the molecule is Cc1n[nH]c(=O)c2[nH]c(Br)nc12. The number of hydrogen-bond donors (Lipinski definition) is 2. The molecule has 0 saturated carbocycles. The summed E-state index contributed by atoms with van der Waals surface area (Å²) in [6.45, 7) is 1.78. The Bertz CT molecular complexity index is 486. The highest BCUT2D eigenvalue weighted by molar-refractivity contribution is 9.10. The third-order valence-corrected chi connectivity index (χ3v) is 1.95. The van der Waals surface area contributed by atoms with E-state index >= 15 is 0 Å². The molecule has 2 N–H and O–H groups in total. The van der Waals surface area contributed by atoms with E-state index in [4.69, 9.17) is 0 Å². The summed E-state index contributed by atoms with van der Waals surface area (Å²) >= 11 is 3.15. The van der Waals surface area contributed by atoms with Crippen LogP contribution in [0, 0.1) is 6.92 Å². The lowest BCUT2D eigenvalue weighted by Gasteiger charge is -1.89. The maximum absolute atomic E-state index is 11.1. The van der Waals surface area contributed by atoms with Crippen molar-refractivity contribution < 1.29 is 0 Å². The monoisotopic (exact) mass is 228 g/mol. The molecular weight excluding hydrogens is 224 g/mol. The first-order valence-corrected chi connectivity index (χ1v) is 4.08. The summed E-state index contributed by atoms with van der Waals surface area (Å²) in [5.74, 6) is 0. The number of aromatic nitrogens is 4. The van der Waals surface area contributed by atoms with Gasteiger partial charge in [0.1, 0.15) is 11.0 Å². The summed E-state index contributed by atoms with van der Waals surface area (Å²) in [6, 6.07) is 0. The topological polar surface area (TPSA) is 74.4 Å². The van der Waals surface area contributed by atoms with E-state index in [0.29, 0.717) is 21.5 Å². The van der Waals surface area contributed by atoms with Crippen molar-refractivity contribution in [3.63, 3.8) is 0 Å². The molecule has 6 heteroatoms. The molecule has 2 aromatic rings. The Kier molecular flexibility index (Phi) is 1.50. The molecule has 0 aromatic carbocycles. The molecule has 2 rings (SSSR count). The second-order valence-corrected chi connectivity index (χ2v) is 3.14. The molecule has 0 fully saturated rings. The van der Waals surface area contributed by atoms with Gasteiger partial charge in [-0.25, -0.2) is 10.1 Å². The fourth-order valence-electron chi connectivity index (χ4n) is 1.01. The van der Waals surface area contributed by atoms with Gasteiger partial charge < -0.3 is 4.98 Å². The number of nitrogens with one attached hydrogen (secondary N) is 2. The van der Waals surface area contributed by atoms with Crippen molar-refractivity contribution in [1.29, 1.82) is 0 Å². The zero-order chi connectivity index (χ0) is 8.72. The Labute approximate surface area is 75.3 Å². The van der Waals surface area contributed by atoms with Gasteiger partial charge in [0.2, 0.25) is 0 Å². The normalized spacial score (nSPS) is 10.8. The lowest BCUT2D eigenvalue weighted by atomic mass is 10.4. The molecule has 0 radical (unpaired) electrons. The first kappa shape index (κ1) is 7.48. The highest BCUT2D eigenvalue weighted by Gasteiger charge is 2.06. The number of fused-ring (bicyclic) bond motifs is 1. The number of H-pyrrole nitrogens is 2. The fraction of sp³-hybridized carbons (Fsp3) is 0.167. The first-order valence-electron chi connectivity index (χ1n) is 3.29. The molecule has 0 saturated heterocycles. The predicted octanol–water partition coefficient (Wildman–Crippen LogP) is 0.717. The molecule has 2 aromatic heterocycles. The molecule has 0 bridgehead atoms. The number of aromatic amines is 2. The van der Waals surface area contributed by atoms with Gasteiger partial charge in [-0.05, 0) is 22.9 Å². The second-order valence-electron chi connectivity index (χ2n) is 2.39. The van der Waals surface area contributed by atoms with Gasteiger partial charge in [-0.2, -0.15) is 5.10 Å². The van der Waals surface area contributed by atoms with Crippen molar-refractivity contribution in [2.75, 3.05) is 0 Å². The van der Waals surface area contributed by atoms with Crippen LogP contribution in [0.3, 0.4) is 0 Å². The van der Waals surface area contributed by atoms with E-state index in [9.17, 15) is 4.79 Å². The van der Waals surface area contributed by atoms with Crippen LogP contribution >= 0.6 is 15.9 Å². The first-order chi connectivity index (χ1) is 5.68. The molecule has 0 aliphatic rings. The zero-order valence-electron chi connectivity index (χ0n) is 6.18. The fourth-order valence-corrected chi connectivity index (χ4v) is 1.39. The maximum Gasteiger partial charge on any atom is 0.290 e. The van der Waals surface area contributed by atoms with Gasteiger partial charge in [-0.15, -0.1) is 0 Å². The van der Waals surface area contributed by atoms with Crippen molar-refractivity contribution >= 4 is 27.0 Å². The zero-order valence-corrected chi connectivity index (χ0v) is 7.77. The Morgan fingerprint density at radius 3 is 2.92 bits per heavy atom. The van der Waals surface area contributed by atoms with E-state index in [1.807, 2.05) is 0 Å². The van der Waals surface area contributed by atoms with Crippen LogP contribution in [0.5, 0.6) is 0 Å². The molecular formula is C6H5BrN4O. The van der Waals surface area contributed by atoms with Crippen molar-refractivity contribution in [1.82, 2.24) is 20.2 Å². The third kappa shape index (κ3) is 0.953. The van der Waals surface area contributed by atoms with Crippen LogP contribution in [-0.2, 0) is 0 Å². The van der Waals surface area contributed by atoms with Crippen LogP contribution in [-0.4, -0.2) is 20.2 Å². The van der Waals surface area contributed by atoms with Crippen molar-refractivity contribution in [3.8, 4) is 0 Å². The molecule has 2 heterocycles. The largest absolute Gasteiger partial charge is 0.328 e. The minimum absolute atomic E-state index is 0.256. The standard InChI is InChI=1S/C6H5BrN4O/c1-2-3-4(5(12)11-10-2)9-6(7)8-3/h1H3,(H,8,9)(H,11,12). The van der Waals surface area contributed by atoms with E-state index in [2.05, 4.69) is 36.1 Å². The van der Waals surface area contributed by atoms with Crippen LogP contribution in [0.1, 0.15) is 5.69 Å². The average Bonchev–Trinajstić information content (AvgIpc) is 2.41. The highest BCUT2D eigenvalue weighted by atomic mass is 79.9. The minimum atomic E-state index is -0.256. The second kappa shape index (κ2) is 2.41. The van der Waals surface area contributed by atoms with Gasteiger partial charge in [0.25, 0.3) is 5.56 Å². The van der Waals surface area contributed by atoms with Gasteiger partial charge in [-0.3, -0.25) is 4.79 Å². The van der Waals surface area contributed by atoms with Gasteiger partial charge in [-0.1, -0.05) is 0 Å². The van der Waals surface area contributed by atoms with Crippen LogP contribution in [0.4, 0.5) is 0 Å². The summed E-state index contributed by atoms with van der Waals surface area (Å²) in [7, 11) is 0. The summed E-state index contributed by atoms with van der Waals surface area (Å²) in [5, 5.41) is 6.14. The molecule has 12 heavy (non-hydrogen) atoms. The number of hydrogen-bond acceptors (Lipinski definition) is 3. The average molecular weight is 229 g/mol. The summed E-state index contributed by atoms with van der Waals surface area (Å²) < 4.78 is 0.541. The maximum atomic E-state index is 11.1. The molecule has 0 unspecified atom stereocenters. The van der Waals surface area contributed by atoms with E-state index < -0.39 is 0 Å². The highest BCUT2D eigenvalue weighted by Crippen LogP contribution is 2.12. The van der Waals surface area contributed by atoms with Crippen molar-refractivity contribution in [3.05, 3.63) is 20.8 Å². The summed E-state index contributed by atoms with van der Waals surface area (Å²) in [5.41, 5.74) is 1.50. The van der Waals surface area contributed by atoms with E-state index in [-0.39, 0.29) is 5.56 Å². The van der Waals surface area contributed by atoms with Crippen LogP contribution in [0.15, 0.2) is 9.53 Å². The lowest BCUT2D eigenvalue weighted by Crippen LogP contribution is -2.09. The quantitative estimate of drug-likeness (QED) is 0.698. The molecule has 0 amide bonds. The van der Waals surface area contributed by atoms with Crippen LogP contribution < -0.4 is 5.56 Å². The van der Waals surface area contributed by atoms with Gasteiger partial charge in [0.05, 0.1) is 5.69 Å². The molecule has 0 aliphatic carbocycles. The van der Waals surface area contributed by atoms with E-state index in [0.717, 1.165) is 0 Å². The molecule has 0 spiro atoms. The Morgan fingerprint density at radius 1 is 1.50 bits per heavy atom. The molecule has 0 atom stereocenters. The molecule has 5 nitrogen and oxygen atoms in total. The number of halogens is 1. The molecule has 62 valence electrons. The lowest BCUT2D eigenvalue weighted by molar-refractivity contribution is 0.965. The van der Waals surface area contributed by atoms with E-state index in [1.165, 1.54) is 0 Å². The number of imidazole rings is 1. The number of aryl methyl sites for hydroxylation is 1. The third-order valence-electron chi connectivity index (χ3n) is 1.57. The van der Waals surface area contributed by atoms with E-state index in [1.54, 1.807) is 6.92 Å². The predicted molar refractivity (Wildman–Crippen MR) is 46.9 cm³/mol. The van der Waals surface area contributed by atoms with Crippen LogP contribution in [0.25, 0.3) is 11.0 Å². The van der Waals surface area contributed by atoms with Gasteiger partial charge in [0, 0.05) is 0 Å². The summed E-state index contributed by atoms with van der Waals surface area (Å²) in [4.78, 5) is 18.0. The van der Waals surface area contributed by atoms with Crippen LogP contribution in [0.2, 0.25) is 0 Å². The molecule has 0 aliphatic heterocycles. The minimum Gasteiger partial charge on any atom is -0.328 e. The number of rotatable bonds is 0. The Morgan fingerprint density at radius 2 is 2.25 bits per heavy atom. The summed E-state index contributed by atoms with van der Waals surface area (Å²) in [6.07, 6.45) is 0. The van der Waals surface area contributed by atoms with Gasteiger partial charge >= 0.3 is 0 Å².